The number of nitrogens with one attached hydrogen (secondary N) is 1. The molecule has 3 fully saturated rings. The number of piperidine rings is 1. The number of hydrogen-bond acceptors (Lipinski definition) is 8. The molecule has 4 heterocycles. The van der Waals surface area contributed by atoms with Crippen LogP contribution in [0.1, 0.15) is 93.6 Å². The first-order chi connectivity index (χ1) is 25.5. The van der Waals surface area contributed by atoms with E-state index in [9.17, 15) is 13.2 Å². The molecule has 1 amide bonds. The van der Waals surface area contributed by atoms with Crippen LogP contribution in [0.2, 0.25) is 5.02 Å². The number of hydrogen-bond donors (Lipinski definition) is 1. The van der Waals surface area contributed by atoms with Crippen molar-refractivity contribution in [3.8, 4) is 5.75 Å². The zero-order valence-electron chi connectivity index (χ0n) is 31.9. The van der Waals surface area contributed by atoms with E-state index >= 15 is 0 Å². The van der Waals surface area contributed by atoms with Crippen LogP contribution < -0.4 is 14.4 Å². The number of allylic oxidation sites excluding steroid dienone is 1. The topological polar surface area (TPSA) is 91.4 Å². The third-order valence-corrected chi connectivity index (χ3v) is 15.1. The number of nitrogens with zero attached hydrogens (tertiary/aromatic N) is 3. The fourth-order valence-corrected chi connectivity index (χ4v) is 11.0. The molecule has 0 aromatic heterocycles. The number of carbonyl (C=O) groups excluding carboxylic acids is 1. The van der Waals surface area contributed by atoms with Crippen molar-refractivity contribution < 1.29 is 22.7 Å². The van der Waals surface area contributed by atoms with Crippen molar-refractivity contribution in [2.75, 3.05) is 57.3 Å². The quantitative estimate of drug-likeness (QED) is 0.331. The van der Waals surface area contributed by atoms with Crippen LogP contribution in [0, 0.1) is 17.8 Å². The molecule has 4 aliphatic heterocycles. The highest BCUT2D eigenvalue weighted by molar-refractivity contribution is 7.90. The van der Waals surface area contributed by atoms with E-state index in [0.717, 1.165) is 87.6 Å². The third kappa shape index (κ3) is 8.62. The number of benzene rings is 2. The highest BCUT2D eigenvalue weighted by Crippen LogP contribution is 2.47. The van der Waals surface area contributed by atoms with Crippen LogP contribution in [0.15, 0.2) is 48.6 Å². The Balaban J connectivity index is 1.26. The number of piperazine rings is 1. The Kier molecular flexibility index (Phi) is 12.1. The van der Waals surface area contributed by atoms with Crippen LogP contribution in [-0.2, 0) is 27.8 Å². The number of ether oxygens (including phenoxy) is 2. The summed E-state index contributed by atoms with van der Waals surface area (Å²) < 4.78 is 43.3. The van der Waals surface area contributed by atoms with Gasteiger partial charge in [0.2, 0.25) is 10.0 Å². The minimum atomic E-state index is -3.95. The van der Waals surface area contributed by atoms with Crippen molar-refractivity contribution in [1.82, 2.24) is 14.5 Å². The van der Waals surface area contributed by atoms with Crippen molar-refractivity contribution in [3.63, 3.8) is 0 Å². The van der Waals surface area contributed by atoms with Crippen LogP contribution in [0.4, 0.5) is 5.69 Å². The van der Waals surface area contributed by atoms with Crippen molar-refractivity contribution in [3.05, 3.63) is 70.3 Å². The van der Waals surface area contributed by atoms with Crippen LogP contribution in [0.3, 0.4) is 0 Å². The van der Waals surface area contributed by atoms with E-state index in [2.05, 4.69) is 38.5 Å². The first-order valence-electron chi connectivity index (χ1n) is 20.2. The van der Waals surface area contributed by atoms with Crippen molar-refractivity contribution in [1.29, 1.82) is 0 Å². The normalized spacial score (nSPS) is 32.0. The molecule has 2 aromatic rings. The Hall–Kier alpha value is -2.63. The summed E-state index contributed by atoms with van der Waals surface area (Å²) >= 11 is 6.42. The molecule has 1 aliphatic carbocycles. The smallest absolute Gasteiger partial charge is 0.264 e. The Bertz CT molecular complexity index is 1750. The highest BCUT2D eigenvalue weighted by Gasteiger charge is 2.49. The maximum Gasteiger partial charge on any atom is 0.264 e. The molecule has 1 N–H and O–H groups in total. The number of sulfonamides is 1. The van der Waals surface area contributed by atoms with Gasteiger partial charge >= 0.3 is 0 Å². The molecular weight excluding hydrogens is 708 g/mol. The van der Waals surface area contributed by atoms with Gasteiger partial charge in [-0.25, -0.2) is 13.1 Å². The fourth-order valence-electron chi connectivity index (χ4n) is 9.53. The van der Waals surface area contributed by atoms with E-state index < -0.39 is 26.8 Å². The van der Waals surface area contributed by atoms with Crippen molar-refractivity contribution in [2.24, 2.45) is 17.8 Å². The summed E-state index contributed by atoms with van der Waals surface area (Å²) in [4.78, 5) is 21.4. The van der Waals surface area contributed by atoms with E-state index in [0.29, 0.717) is 48.8 Å². The van der Waals surface area contributed by atoms with E-state index in [-0.39, 0.29) is 5.92 Å². The summed E-state index contributed by atoms with van der Waals surface area (Å²) in [5, 5.41) is -0.0440. The SMILES string of the molecule is CCO[C@]1(CN2CCN3CCCC[C@@H]3C2)/C=C/C[C@H](C)[C@@H](C)S(=O)(=O)NC(=O)c2ccc3c(c2)N(CCCCc2cc(Cl)ccc2CO3)C[C@@H]2CC[C@H]21. The molecule has 5 aliphatic rings. The molecule has 9 nitrogen and oxygen atoms in total. The number of amides is 1. The second-order valence-electron chi connectivity index (χ2n) is 16.3. The Morgan fingerprint density at radius 1 is 0.962 bits per heavy atom. The summed E-state index contributed by atoms with van der Waals surface area (Å²) in [7, 11) is -3.95. The first kappa shape index (κ1) is 38.6. The molecule has 6 atom stereocenters. The van der Waals surface area contributed by atoms with Gasteiger partial charge in [0.05, 0.1) is 10.9 Å². The molecule has 53 heavy (non-hydrogen) atoms. The number of anilines is 1. The molecule has 290 valence electrons. The molecule has 7 rings (SSSR count). The number of fused-ring (bicyclic) bond motifs is 4. The molecule has 0 radical (unpaired) electrons. The molecule has 2 saturated heterocycles. The zero-order chi connectivity index (χ0) is 37.2. The van der Waals surface area contributed by atoms with E-state index in [1.54, 1.807) is 13.0 Å². The van der Waals surface area contributed by atoms with Gasteiger partial charge in [0, 0.05) is 62.5 Å². The Morgan fingerprint density at radius 2 is 1.81 bits per heavy atom. The van der Waals surface area contributed by atoms with E-state index in [1.165, 1.54) is 31.4 Å². The van der Waals surface area contributed by atoms with Crippen LogP contribution in [-0.4, -0.2) is 93.4 Å². The van der Waals surface area contributed by atoms with Gasteiger partial charge in [-0.1, -0.05) is 43.2 Å². The highest BCUT2D eigenvalue weighted by atomic mass is 35.5. The summed E-state index contributed by atoms with van der Waals surface area (Å²) in [6.07, 6.45) is 14.0. The summed E-state index contributed by atoms with van der Waals surface area (Å²) in [6.45, 7) is 13.6. The van der Waals surface area contributed by atoms with Crippen LogP contribution >= 0.6 is 11.6 Å². The standard InChI is InChI=1S/C42H59ClN4O5S/c1-4-52-42(29-45-22-23-46-20-8-6-12-37(46)27-45)19-9-10-30(2)31(3)53(49,50)44-41(48)33-15-18-40-39(25-33)47(26-34-14-17-38(34)42)21-7-5-11-32-24-36(43)16-13-35(32)28-51-40/h9,13,15-16,18-19,24-25,30-31,34,37-38H,4-8,10-12,14,17,20-23,26-29H2,1-3H3,(H,44,48)/b19-9+/t30-,31+,34-,37+,38+,42-/m0/s1. The summed E-state index contributed by atoms with van der Waals surface area (Å²) in [5.41, 5.74) is 2.95. The minimum Gasteiger partial charge on any atom is -0.487 e. The predicted octanol–water partition coefficient (Wildman–Crippen LogP) is 7.08. The molecule has 0 unspecified atom stereocenters. The molecular formula is C42H59ClN4O5S. The first-order valence-corrected chi connectivity index (χ1v) is 22.1. The number of aryl methyl sites for hydroxylation is 1. The van der Waals surface area contributed by atoms with E-state index in [4.69, 9.17) is 21.1 Å². The monoisotopic (exact) mass is 766 g/mol. The maximum atomic E-state index is 13.7. The molecule has 11 heteroatoms. The summed E-state index contributed by atoms with van der Waals surface area (Å²) in [5.74, 6) is 0.540. The van der Waals surface area contributed by atoms with Crippen LogP contribution in [0.5, 0.6) is 5.75 Å². The second kappa shape index (κ2) is 16.6. The molecule has 2 aromatic carbocycles. The number of carbonyl (C=O) groups is 1. The van der Waals surface area contributed by atoms with Gasteiger partial charge in [0.25, 0.3) is 5.91 Å². The van der Waals surface area contributed by atoms with Crippen molar-refractivity contribution in [2.45, 2.75) is 102 Å². The van der Waals surface area contributed by atoms with Crippen LogP contribution in [0.25, 0.3) is 0 Å². The lowest BCUT2D eigenvalue weighted by Crippen LogP contribution is -2.61. The van der Waals surface area contributed by atoms with Gasteiger partial charge in [0.1, 0.15) is 18.0 Å². The third-order valence-electron chi connectivity index (χ3n) is 13.0. The van der Waals surface area contributed by atoms with Crippen molar-refractivity contribution >= 4 is 33.2 Å². The van der Waals surface area contributed by atoms with Gasteiger partial charge in [0.15, 0.2) is 0 Å². The average molecular weight is 767 g/mol. The average Bonchev–Trinajstić information content (AvgIpc) is 3.15. The number of rotatable bonds is 4. The molecule has 0 spiro atoms. The Morgan fingerprint density at radius 3 is 2.62 bits per heavy atom. The molecule has 1 saturated carbocycles. The molecule has 2 bridgehead atoms. The van der Waals surface area contributed by atoms with Gasteiger partial charge in [-0.05, 0) is 131 Å². The lowest BCUT2D eigenvalue weighted by atomic mass is 9.63. The van der Waals surface area contributed by atoms with E-state index in [1.807, 2.05) is 37.3 Å². The Labute approximate surface area is 322 Å². The summed E-state index contributed by atoms with van der Waals surface area (Å²) in [6, 6.07) is 12.0. The predicted molar refractivity (Wildman–Crippen MR) is 212 cm³/mol. The second-order valence-corrected chi connectivity index (χ2v) is 18.8. The lowest BCUT2D eigenvalue weighted by Gasteiger charge is -2.53. The van der Waals surface area contributed by atoms with Gasteiger partial charge in [-0.15, -0.1) is 0 Å². The largest absolute Gasteiger partial charge is 0.487 e. The van der Waals surface area contributed by atoms with Gasteiger partial charge < -0.3 is 14.4 Å². The van der Waals surface area contributed by atoms with Gasteiger partial charge in [-0.2, -0.15) is 0 Å². The lowest BCUT2D eigenvalue weighted by molar-refractivity contribution is -0.116. The zero-order valence-corrected chi connectivity index (χ0v) is 33.5. The maximum absolute atomic E-state index is 13.7. The minimum absolute atomic E-state index is 0.208. The van der Waals surface area contributed by atoms with Gasteiger partial charge in [-0.3, -0.25) is 14.6 Å². The number of halogens is 1. The fraction of sp³-hybridized carbons (Fsp3) is 0.643.